The average Bonchev–Trinajstić information content (AvgIpc) is 2.81. The van der Waals surface area contributed by atoms with Crippen LogP contribution in [0, 0.1) is 0 Å². The first-order chi connectivity index (χ1) is 9.70. The molecule has 0 unspecified atom stereocenters. The second kappa shape index (κ2) is 7.64. The number of hydrogen-bond donors (Lipinski definition) is 1. The third-order valence-corrected chi connectivity index (χ3v) is 3.26. The third-order valence-electron chi connectivity index (χ3n) is 3.26. The van der Waals surface area contributed by atoms with Gasteiger partial charge in [-0.05, 0) is 60.7 Å². The summed E-state index contributed by atoms with van der Waals surface area (Å²) in [6, 6.07) is -0.390. The van der Waals surface area contributed by atoms with Crippen LogP contribution in [-0.2, 0) is 9.53 Å². The number of nitrogens with one attached hydrogen (secondary N) is 1. The summed E-state index contributed by atoms with van der Waals surface area (Å²) in [4.78, 5) is 27.9. The molecular formula is C15H29N3O3. The van der Waals surface area contributed by atoms with Crippen molar-refractivity contribution >= 4 is 12.0 Å². The molecule has 1 fully saturated rings. The highest BCUT2D eigenvalue weighted by Crippen LogP contribution is 2.20. The molecule has 0 bridgehead atoms. The molecule has 1 rings (SSSR count). The monoisotopic (exact) mass is 299 g/mol. The molecule has 1 aliphatic heterocycles. The van der Waals surface area contributed by atoms with Crippen LogP contribution in [-0.4, -0.2) is 67.2 Å². The summed E-state index contributed by atoms with van der Waals surface area (Å²) in [6.07, 6.45) is 2.06. The van der Waals surface area contributed by atoms with Crippen LogP contribution in [0.1, 0.15) is 40.0 Å². The summed E-state index contributed by atoms with van der Waals surface area (Å²) < 4.78 is 5.36. The molecule has 1 heterocycles. The molecule has 6 nitrogen and oxygen atoms in total. The largest absolute Gasteiger partial charge is 0.444 e. The molecule has 0 saturated carbocycles. The van der Waals surface area contributed by atoms with Gasteiger partial charge in [-0.1, -0.05) is 0 Å². The van der Waals surface area contributed by atoms with Gasteiger partial charge in [-0.15, -0.1) is 0 Å². The molecule has 122 valence electrons. The Hall–Kier alpha value is -1.30. The molecule has 0 aromatic heterocycles. The minimum atomic E-state index is -0.535. The van der Waals surface area contributed by atoms with Crippen LogP contribution in [0.25, 0.3) is 0 Å². The SMILES string of the molecule is CN(C)CCCNC(=O)[C@@H]1CCCN1C(=O)OC(C)(C)C. The molecule has 2 amide bonds. The minimum absolute atomic E-state index is 0.0721. The van der Waals surface area contributed by atoms with Crippen molar-refractivity contribution in [3.63, 3.8) is 0 Å². The van der Waals surface area contributed by atoms with Gasteiger partial charge in [-0.25, -0.2) is 4.79 Å². The van der Waals surface area contributed by atoms with Gasteiger partial charge in [0.2, 0.25) is 5.91 Å². The lowest BCUT2D eigenvalue weighted by atomic mass is 10.2. The molecule has 6 heteroatoms. The van der Waals surface area contributed by atoms with E-state index in [2.05, 4.69) is 10.2 Å². The first kappa shape index (κ1) is 17.8. The predicted octanol–water partition coefficient (Wildman–Crippen LogP) is 1.45. The summed E-state index contributed by atoms with van der Waals surface area (Å²) in [7, 11) is 4.01. The van der Waals surface area contributed by atoms with Crippen LogP contribution in [0.3, 0.4) is 0 Å². The molecule has 1 atom stereocenters. The fourth-order valence-corrected chi connectivity index (χ4v) is 2.30. The Kier molecular flexibility index (Phi) is 6.45. The van der Waals surface area contributed by atoms with Crippen molar-refractivity contribution in [1.82, 2.24) is 15.1 Å². The van der Waals surface area contributed by atoms with Gasteiger partial charge in [-0.3, -0.25) is 9.69 Å². The van der Waals surface area contributed by atoms with Crippen molar-refractivity contribution in [2.45, 2.75) is 51.7 Å². The maximum absolute atomic E-state index is 12.2. The van der Waals surface area contributed by atoms with Gasteiger partial charge in [0, 0.05) is 13.1 Å². The normalized spacial score (nSPS) is 19.0. The van der Waals surface area contributed by atoms with E-state index in [0.717, 1.165) is 19.4 Å². The molecule has 1 saturated heterocycles. The zero-order valence-corrected chi connectivity index (χ0v) is 13.9. The number of ether oxygens (including phenoxy) is 1. The van der Waals surface area contributed by atoms with Gasteiger partial charge in [0.25, 0.3) is 0 Å². The van der Waals surface area contributed by atoms with E-state index in [-0.39, 0.29) is 11.9 Å². The highest BCUT2D eigenvalue weighted by Gasteiger charge is 2.36. The number of rotatable bonds is 5. The minimum Gasteiger partial charge on any atom is -0.444 e. The number of amides is 2. The number of nitrogens with zero attached hydrogens (tertiary/aromatic N) is 2. The Morgan fingerprint density at radius 1 is 1.33 bits per heavy atom. The molecule has 0 spiro atoms. The molecule has 0 aliphatic carbocycles. The number of likely N-dealkylation sites (tertiary alicyclic amines) is 1. The van der Waals surface area contributed by atoms with Crippen molar-refractivity contribution in [3.05, 3.63) is 0 Å². The highest BCUT2D eigenvalue weighted by molar-refractivity contribution is 5.86. The van der Waals surface area contributed by atoms with E-state index in [9.17, 15) is 9.59 Å². The van der Waals surface area contributed by atoms with Crippen LogP contribution in [0.4, 0.5) is 4.79 Å². The number of hydrogen-bond acceptors (Lipinski definition) is 4. The fraction of sp³-hybridized carbons (Fsp3) is 0.867. The van der Waals surface area contributed by atoms with E-state index in [1.54, 1.807) is 4.90 Å². The van der Waals surface area contributed by atoms with E-state index in [0.29, 0.717) is 19.5 Å². The standard InChI is InChI=1S/C15H29N3O3/c1-15(2,3)21-14(20)18-11-6-8-12(18)13(19)16-9-7-10-17(4)5/h12H,6-11H2,1-5H3,(H,16,19)/t12-/m0/s1. The second-order valence-corrected chi connectivity index (χ2v) is 6.78. The molecule has 1 aliphatic rings. The summed E-state index contributed by atoms with van der Waals surface area (Å²) in [5, 5.41) is 2.91. The Morgan fingerprint density at radius 3 is 2.57 bits per heavy atom. The summed E-state index contributed by atoms with van der Waals surface area (Å²) in [6.45, 7) is 7.65. The van der Waals surface area contributed by atoms with E-state index in [1.807, 2.05) is 34.9 Å². The quantitative estimate of drug-likeness (QED) is 0.781. The van der Waals surface area contributed by atoms with Crippen LogP contribution in [0.2, 0.25) is 0 Å². The molecule has 21 heavy (non-hydrogen) atoms. The molecule has 1 N–H and O–H groups in total. The van der Waals surface area contributed by atoms with Gasteiger partial charge in [0.15, 0.2) is 0 Å². The summed E-state index contributed by atoms with van der Waals surface area (Å²) in [5.41, 5.74) is -0.535. The van der Waals surface area contributed by atoms with Crippen molar-refractivity contribution in [2.75, 3.05) is 33.7 Å². The van der Waals surface area contributed by atoms with E-state index < -0.39 is 11.7 Å². The lowest BCUT2D eigenvalue weighted by molar-refractivity contribution is -0.125. The van der Waals surface area contributed by atoms with Crippen molar-refractivity contribution < 1.29 is 14.3 Å². The average molecular weight is 299 g/mol. The zero-order chi connectivity index (χ0) is 16.0. The first-order valence-electron chi connectivity index (χ1n) is 7.63. The smallest absolute Gasteiger partial charge is 0.410 e. The van der Waals surface area contributed by atoms with Gasteiger partial charge >= 0.3 is 6.09 Å². The van der Waals surface area contributed by atoms with Crippen LogP contribution >= 0.6 is 0 Å². The topological polar surface area (TPSA) is 61.9 Å². The van der Waals surface area contributed by atoms with Crippen molar-refractivity contribution in [1.29, 1.82) is 0 Å². The number of carbonyl (C=O) groups excluding carboxylic acids is 2. The van der Waals surface area contributed by atoms with Gasteiger partial charge < -0.3 is 15.0 Å². The molecular weight excluding hydrogens is 270 g/mol. The third kappa shape index (κ3) is 6.33. The molecule has 0 aromatic carbocycles. The zero-order valence-electron chi connectivity index (χ0n) is 13.9. The van der Waals surface area contributed by atoms with Crippen LogP contribution in [0.15, 0.2) is 0 Å². The summed E-state index contributed by atoms with van der Waals surface area (Å²) >= 11 is 0. The number of carbonyl (C=O) groups is 2. The maximum Gasteiger partial charge on any atom is 0.410 e. The lowest BCUT2D eigenvalue weighted by Gasteiger charge is -2.28. The van der Waals surface area contributed by atoms with Gasteiger partial charge in [-0.2, -0.15) is 0 Å². The Morgan fingerprint density at radius 2 is 2.00 bits per heavy atom. The summed E-state index contributed by atoms with van der Waals surface area (Å²) in [5.74, 6) is -0.0721. The van der Waals surface area contributed by atoms with Gasteiger partial charge in [0.05, 0.1) is 0 Å². The first-order valence-corrected chi connectivity index (χ1v) is 7.63. The maximum atomic E-state index is 12.2. The van der Waals surface area contributed by atoms with Crippen LogP contribution in [0.5, 0.6) is 0 Å². The van der Waals surface area contributed by atoms with E-state index in [4.69, 9.17) is 4.74 Å². The van der Waals surface area contributed by atoms with E-state index >= 15 is 0 Å². The Labute approximate surface area is 127 Å². The van der Waals surface area contributed by atoms with E-state index in [1.165, 1.54) is 0 Å². The lowest BCUT2D eigenvalue weighted by Crippen LogP contribution is -2.47. The second-order valence-electron chi connectivity index (χ2n) is 6.78. The Bertz CT molecular complexity index is 364. The van der Waals surface area contributed by atoms with Crippen molar-refractivity contribution in [2.24, 2.45) is 0 Å². The van der Waals surface area contributed by atoms with Gasteiger partial charge in [0.1, 0.15) is 11.6 Å². The Balaban J connectivity index is 2.45. The molecule has 0 aromatic rings. The van der Waals surface area contributed by atoms with Crippen molar-refractivity contribution in [3.8, 4) is 0 Å². The predicted molar refractivity (Wildman–Crippen MR) is 82.1 cm³/mol. The molecule has 0 radical (unpaired) electrons. The fourth-order valence-electron chi connectivity index (χ4n) is 2.30. The van der Waals surface area contributed by atoms with Crippen LogP contribution < -0.4 is 5.32 Å². The highest BCUT2D eigenvalue weighted by atomic mass is 16.6.